The first-order valence-electron chi connectivity index (χ1n) is 7.38. The minimum absolute atomic E-state index is 0. The summed E-state index contributed by atoms with van der Waals surface area (Å²) in [4.78, 5) is 24.3. The molecule has 0 spiro atoms. The summed E-state index contributed by atoms with van der Waals surface area (Å²) in [5.74, 6) is -1.80. The van der Waals surface area contributed by atoms with Gasteiger partial charge in [-0.3, -0.25) is 13.8 Å². The van der Waals surface area contributed by atoms with Crippen molar-refractivity contribution in [3.8, 4) is 5.75 Å². The number of hydrogen-bond acceptors (Lipinski definition) is 6. The van der Waals surface area contributed by atoms with Crippen LogP contribution in [0.2, 0.25) is 0 Å². The van der Waals surface area contributed by atoms with E-state index in [0.717, 1.165) is 5.56 Å². The van der Waals surface area contributed by atoms with E-state index >= 15 is 0 Å². The largest absolute Gasteiger partial charge is 0.755 e. The number of amides is 1. The van der Waals surface area contributed by atoms with Gasteiger partial charge in [0.15, 0.2) is 0 Å². The van der Waals surface area contributed by atoms with Crippen LogP contribution in [0.4, 0.5) is 0 Å². The summed E-state index contributed by atoms with van der Waals surface area (Å²) in [7, 11) is 1.55. The molecule has 1 aliphatic heterocycles. The molecule has 138 valence electrons. The van der Waals surface area contributed by atoms with Gasteiger partial charge in [0, 0.05) is 49.9 Å². The van der Waals surface area contributed by atoms with Crippen LogP contribution in [-0.4, -0.2) is 38.7 Å². The molecule has 0 N–H and O–H groups in total. The van der Waals surface area contributed by atoms with E-state index in [2.05, 4.69) is 0 Å². The predicted molar refractivity (Wildman–Crippen MR) is 85.4 cm³/mol. The standard InChI is InChI=1S/C16H19NO6S.Ar/c1-3-23-15(18)10-14-13(8-9-17(16(14)19)24(20)21)11-4-6-12(22-2)7-5-11;/h4-9,13-14H,3,10H2,1-2H3,(H,20,21);/p-1/t13-,14+;/m1./s1. The molecule has 1 heterocycles. The van der Waals surface area contributed by atoms with E-state index in [1.807, 2.05) is 0 Å². The van der Waals surface area contributed by atoms with Crippen molar-refractivity contribution in [1.29, 1.82) is 0 Å². The Hall–Kier alpha value is -0.930. The number of ether oxygens (including phenoxy) is 2. The maximum absolute atomic E-state index is 12.5. The molecular formula is C16H18ArNO6S-. The quantitative estimate of drug-likeness (QED) is 0.538. The monoisotopic (exact) mass is 392 g/mol. The normalized spacial score (nSPS) is 20.6. The Balaban J connectivity index is 0.00000312. The zero-order valence-electron chi connectivity index (χ0n) is 13.7. The second-order valence-electron chi connectivity index (χ2n) is 5.14. The Labute approximate surface area is 178 Å². The third kappa shape index (κ3) is 5.52. The summed E-state index contributed by atoms with van der Waals surface area (Å²) in [6.45, 7) is 1.86. The van der Waals surface area contributed by atoms with E-state index in [-0.39, 0.29) is 50.8 Å². The van der Waals surface area contributed by atoms with Crippen molar-refractivity contribution < 1.29 is 65.6 Å². The maximum atomic E-state index is 12.5. The van der Waals surface area contributed by atoms with Crippen molar-refractivity contribution in [2.75, 3.05) is 13.7 Å². The van der Waals surface area contributed by atoms with Crippen molar-refractivity contribution in [2.24, 2.45) is 5.92 Å². The fourth-order valence-corrected chi connectivity index (χ4v) is 3.05. The zero-order chi connectivity index (χ0) is 17.7. The van der Waals surface area contributed by atoms with Gasteiger partial charge in [0.2, 0.25) is 5.91 Å². The molecule has 1 aliphatic rings. The third-order valence-corrected chi connectivity index (χ3v) is 4.37. The van der Waals surface area contributed by atoms with Gasteiger partial charge in [-0.2, -0.15) is 0 Å². The number of benzene rings is 1. The molecule has 1 aromatic rings. The molecule has 0 bridgehead atoms. The molecule has 1 amide bonds. The number of allylic oxidation sites excluding steroid dienone is 1. The SMILES string of the molecule is CCOC(=O)C[C@@H]1C(=O)N(S(=O)[O-])C=C[C@@H]1c1ccc(OC)cc1.[Ar]. The smallest absolute Gasteiger partial charge is 0.306 e. The van der Waals surface area contributed by atoms with Crippen LogP contribution in [-0.2, 0) is 25.6 Å². The van der Waals surface area contributed by atoms with Gasteiger partial charge in [-0.1, -0.05) is 18.2 Å². The van der Waals surface area contributed by atoms with Crippen LogP contribution < -0.4 is 4.74 Å². The Morgan fingerprint density at radius 3 is 2.48 bits per heavy atom. The Morgan fingerprint density at radius 2 is 1.96 bits per heavy atom. The first kappa shape index (κ1) is 22.1. The molecule has 0 radical (unpaired) electrons. The Kier molecular flexibility index (Phi) is 9.09. The third-order valence-electron chi connectivity index (χ3n) is 3.75. The van der Waals surface area contributed by atoms with Crippen molar-refractivity contribution in [2.45, 2.75) is 19.3 Å². The first-order valence-corrected chi connectivity index (χ1v) is 8.41. The van der Waals surface area contributed by atoms with E-state index in [4.69, 9.17) is 9.47 Å². The van der Waals surface area contributed by atoms with Gasteiger partial charge in [0.1, 0.15) is 5.75 Å². The van der Waals surface area contributed by atoms with Crippen molar-refractivity contribution in [1.82, 2.24) is 4.31 Å². The number of carbonyl (C=O) groups is 2. The molecule has 25 heavy (non-hydrogen) atoms. The fraction of sp³-hybridized carbons (Fsp3) is 0.375. The molecule has 7 nitrogen and oxygen atoms in total. The topological polar surface area (TPSA) is 96.0 Å². The molecule has 1 aromatic carbocycles. The summed E-state index contributed by atoms with van der Waals surface area (Å²) >= 11 is -2.72. The number of nitrogens with zero attached hydrogens (tertiary/aromatic N) is 1. The summed E-state index contributed by atoms with van der Waals surface area (Å²) in [6.07, 6.45) is 2.62. The average Bonchev–Trinajstić information content (AvgIpc) is 2.56. The molecule has 9 heteroatoms. The summed E-state index contributed by atoms with van der Waals surface area (Å²) in [5, 5.41) is 0. The van der Waals surface area contributed by atoms with Crippen molar-refractivity contribution in [3.63, 3.8) is 0 Å². The fourth-order valence-electron chi connectivity index (χ4n) is 2.60. The summed E-state index contributed by atoms with van der Waals surface area (Å²) in [6, 6.07) is 7.05. The average molecular weight is 392 g/mol. The second-order valence-corrected chi connectivity index (χ2v) is 5.96. The minimum Gasteiger partial charge on any atom is -0.755 e. The molecule has 0 saturated carbocycles. The maximum Gasteiger partial charge on any atom is 0.306 e. The van der Waals surface area contributed by atoms with E-state index in [1.54, 1.807) is 44.4 Å². The van der Waals surface area contributed by atoms with Gasteiger partial charge in [-0.25, -0.2) is 4.31 Å². The van der Waals surface area contributed by atoms with Gasteiger partial charge in [0.05, 0.1) is 37.3 Å². The molecule has 2 rings (SSSR count). The zero-order valence-corrected chi connectivity index (χ0v) is 15.2. The predicted octanol–water partition coefficient (Wildman–Crippen LogP) is 1.50. The van der Waals surface area contributed by atoms with E-state index in [9.17, 15) is 18.4 Å². The van der Waals surface area contributed by atoms with Crippen LogP contribution in [0.3, 0.4) is 0 Å². The van der Waals surface area contributed by atoms with Crippen LogP contribution in [0.25, 0.3) is 0 Å². The molecule has 1 unspecified atom stereocenters. The molecule has 0 fully saturated rings. The van der Waals surface area contributed by atoms with Crippen LogP contribution in [0.5, 0.6) is 5.75 Å². The van der Waals surface area contributed by atoms with Crippen molar-refractivity contribution >= 4 is 23.1 Å². The van der Waals surface area contributed by atoms with Gasteiger partial charge in [-0.15, -0.1) is 0 Å². The molecule has 0 aliphatic carbocycles. The molecule has 0 saturated heterocycles. The second kappa shape index (κ2) is 10.3. The first-order chi connectivity index (χ1) is 11.5. The number of hydrogen-bond donors (Lipinski definition) is 0. The van der Waals surface area contributed by atoms with E-state index in [0.29, 0.717) is 10.1 Å². The minimum atomic E-state index is -2.72. The Morgan fingerprint density at radius 1 is 1.32 bits per heavy atom. The molecule has 3 atom stereocenters. The Bertz CT molecular complexity index is 663. The van der Waals surface area contributed by atoms with Gasteiger partial charge < -0.3 is 14.0 Å². The van der Waals surface area contributed by atoms with Crippen LogP contribution in [0, 0.1) is 43.7 Å². The van der Waals surface area contributed by atoms with Crippen LogP contribution >= 0.6 is 0 Å². The molecule has 0 aromatic heterocycles. The van der Waals surface area contributed by atoms with E-state index in [1.165, 1.54) is 6.20 Å². The van der Waals surface area contributed by atoms with Gasteiger partial charge in [-0.05, 0) is 24.6 Å². The summed E-state index contributed by atoms with van der Waals surface area (Å²) < 4.78 is 32.9. The van der Waals surface area contributed by atoms with Gasteiger partial charge >= 0.3 is 5.97 Å². The number of methoxy groups -OCH3 is 1. The van der Waals surface area contributed by atoms with Gasteiger partial charge in [0.25, 0.3) is 0 Å². The number of rotatable bonds is 6. The summed E-state index contributed by atoms with van der Waals surface area (Å²) in [5.41, 5.74) is 0.783. The van der Waals surface area contributed by atoms with E-state index < -0.39 is 35.0 Å². The van der Waals surface area contributed by atoms with Crippen LogP contribution in [0.1, 0.15) is 24.8 Å². The number of carbonyl (C=O) groups excluding carboxylic acids is 2. The van der Waals surface area contributed by atoms with Crippen LogP contribution in [0.15, 0.2) is 36.5 Å². The van der Waals surface area contributed by atoms with Crippen molar-refractivity contribution in [3.05, 3.63) is 42.1 Å². The molecular weight excluding hydrogens is 374 g/mol. The number of esters is 1.